The van der Waals surface area contributed by atoms with Crippen molar-refractivity contribution in [3.63, 3.8) is 0 Å². The van der Waals surface area contributed by atoms with Gasteiger partial charge in [-0.3, -0.25) is 33.6 Å². The maximum absolute atomic E-state index is 15.5. The Labute approximate surface area is 378 Å². The van der Waals surface area contributed by atoms with E-state index in [4.69, 9.17) is 56.5 Å². The zero-order valence-electron chi connectivity index (χ0n) is 38.6. The van der Waals surface area contributed by atoms with Crippen LogP contribution in [0.2, 0.25) is 0 Å². The van der Waals surface area contributed by atoms with Crippen molar-refractivity contribution in [2.45, 2.75) is 148 Å². The number of hydrogen-bond donors (Lipinski definition) is 1. The molecule has 66 heavy (non-hydrogen) atoms. The lowest BCUT2D eigenvalue weighted by Crippen LogP contribution is -2.99. The third kappa shape index (κ3) is 5.43. The molecule has 0 amide bonds. The summed E-state index contributed by atoms with van der Waals surface area (Å²) in [6, 6.07) is 1.43. The Balaban J connectivity index is 1.69. The van der Waals surface area contributed by atoms with Gasteiger partial charge in [-0.05, 0) is 18.4 Å². The minimum absolute atomic E-state index is 0.106. The smallest absolute Gasteiger partial charge is 0.338 e. The van der Waals surface area contributed by atoms with Crippen LogP contribution in [0.1, 0.15) is 101 Å². The molecule has 15 atom stereocenters. The van der Waals surface area contributed by atoms with Crippen molar-refractivity contribution in [2.24, 2.45) is 34.0 Å². The summed E-state index contributed by atoms with van der Waals surface area (Å²) in [5.41, 5.74) is -16.7. The molecule has 4 saturated carbocycles. The van der Waals surface area contributed by atoms with Crippen LogP contribution in [0.15, 0.2) is 34.3 Å². The van der Waals surface area contributed by atoms with Gasteiger partial charge < -0.3 is 61.6 Å². The Hall–Kier alpha value is -5.54. The monoisotopic (exact) mass is 930 g/mol. The number of methoxy groups -OCH3 is 1. The van der Waals surface area contributed by atoms with Crippen LogP contribution in [0.5, 0.6) is 0 Å². The summed E-state index contributed by atoms with van der Waals surface area (Å²) in [5, 5.41) is 12.5. The normalized spacial score (nSPS) is 42.9. The number of aliphatic hydroxyl groups excluding tert-OH is 1. The van der Waals surface area contributed by atoms with E-state index in [-0.39, 0.29) is 12.0 Å². The van der Waals surface area contributed by atoms with Gasteiger partial charge in [0, 0.05) is 77.7 Å². The number of furan rings is 1. The maximum atomic E-state index is 15.5. The molecule has 1 unspecified atom stereocenters. The highest BCUT2D eigenvalue weighted by molar-refractivity contribution is 5.93. The Kier molecular flexibility index (Phi) is 10.5. The lowest BCUT2D eigenvalue weighted by molar-refractivity contribution is -0.496. The van der Waals surface area contributed by atoms with Gasteiger partial charge in [0.15, 0.2) is 35.6 Å². The number of allylic oxidation sites excluding steroid dienone is 1. The van der Waals surface area contributed by atoms with Crippen molar-refractivity contribution in [1.82, 2.24) is 0 Å². The molecule has 21 nitrogen and oxygen atoms in total. The summed E-state index contributed by atoms with van der Waals surface area (Å²) in [6.07, 6.45) is -7.97. The molecule has 7 aliphatic rings. The Morgan fingerprint density at radius 3 is 2.00 bits per heavy atom. The van der Waals surface area contributed by atoms with Crippen LogP contribution in [-0.2, 0) is 90.5 Å². The number of hydrogen-bond acceptors (Lipinski definition) is 21. The Bertz CT molecular complexity index is 2350. The second-order valence-corrected chi connectivity index (χ2v) is 19.3. The van der Waals surface area contributed by atoms with Crippen molar-refractivity contribution in [1.29, 1.82) is 0 Å². The van der Waals surface area contributed by atoms with Gasteiger partial charge in [0.25, 0.3) is 5.97 Å². The van der Waals surface area contributed by atoms with Gasteiger partial charge in [-0.1, -0.05) is 27.7 Å². The third-order valence-electron chi connectivity index (χ3n) is 15.3. The molecule has 3 saturated heterocycles. The van der Waals surface area contributed by atoms with E-state index < -0.39 is 165 Å². The van der Waals surface area contributed by atoms with Gasteiger partial charge >= 0.3 is 47.8 Å². The van der Waals surface area contributed by atoms with E-state index in [1.54, 1.807) is 20.8 Å². The number of aliphatic hydroxyl groups is 1. The zero-order chi connectivity index (χ0) is 48.7. The van der Waals surface area contributed by atoms with Gasteiger partial charge in [0.2, 0.25) is 5.60 Å². The van der Waals surface area contributed by atoms with E-state index >= 15 is 4.79 Å². The van der Waals surface area contributed by atoms with Crippen molar-refractivity contribution < 1.29 is 100.0 Å². The predicted molar refractivity (Wildman–Crippen MR) is 212 cm³/mol. The number of ether oxygens (including phenoxy) is 11. The van der Waals surface area contributed by atoms with Crippen molar-refractivity contribution in [2.75, 3.05) is 13.7 Å². The molecule has 7 fully saturated rings. The lowest BCUT2D eigenvalue weighted by Gasteiger charge is -2.79. The van der Waals surface area contributed by atoms with Crippen LogP contribution in [0.4, 0.5) is 0 Å². The average molecular weight is 931 g/mol. The fourth-order valence-electron chi connectivity index (χ4n) is 14.2. The number of esters is 8. The summed E-state index contributed by atoms with van der Waals surface area (Å²) in [5.74, 6) is -15.0. The van der Waals surface area contributed by atoms with E-state index in [9.17, 15) is 38.7 Å². The van der Waals surface area contributed by atoms with Crippen LogP contribution < -0.4 is 0 Å². The highest BCUT2D eigenvalue weighted by Gasteiger charge is 3.09. The van der Waals surface area contributed by atoms with Crippen molar-refractivity contribution >= 4 is 47.8 Å². The first-order valence-corrected chi connectivity index (χ1v) is 21.5. The highest BCUT2D eigenvalue weighted by Crippen LogP contribution is 2.91. The summed E-state index contributed by atoms with van der Waals surface area (Å²) in [6.45, 7) is 13.1. The third-order valence-corrected chi connectivity index (χ3v) is 15.3. The average Bonchev–Trinajstić information content (AvgIpc) is 3.90. The molecule has 0 aromatic carbocycles. The van der Waals surface area contributed by atoms with Gasteiger partial charge in [-0.15, -0.1) is 0 Å². The largest absolute Gasteiger partial charge is 0.511 e. The molecule has 21 heteroatoms. The molecule has 3 aliphatic heterocycles. The first kappa shape index (κ1) is 47.0. The minimum atomic E-state index is -2.66. The van der Waals surface area contributed by atoms with E-state index in [1.165, 1.54) is 32.4 Å². The number of carbonyl (C=O) groups excluding carboxylic acids is 8. The molecule has 4 bridgehead atoms. The Morgan fingerprint density at radius 1 is 0.833 bits per heavy atom. The van der Waals surface area contributed by atoms with Crippen molar-refractivity contribution in [3.8, 4) is 0 Å². The molecular weight excluding hydrogens is 876 g/mol. The summed E-state index contributed by atoms with van der Waals surface area (Å²) < 4.78 is 77.3. The van der Waals surface area contributed by atoms with Gasteiger partial charge in [-0.2, -0.15) is 0 Å². The van der Waals surface area contributed by atoms with E-state index in [2.05, 4.69) is 0 Å². The van der Waals surface area contributed by atoms with Gasteiger partial charge in [0.1, 0.15) is 24.1 Å². The van der Waals surface area contributed by atoms with Crippen LogP contribution in [-0.4, -0.2) is 119 Å². The molecule has 3 spiro atoms. The molecule has 1 N–H and O–H groups in total. The quantitative estimate of drug-likeness (QED) is 0.136. The standard InChI is InChI=1S/C45H54O21/c1-19(2)30(53)29-31-39(10,32(58-21(4)47)26-13-14-56-16-26)33(59-22(5)48)34(60-23(6)49)45-41(18-57-20(3)46)27(15-28(52)55-12)38(9)17-42(41)44(63-25(8)51,36(38)61-24(7)50)37(62-35(29)54)43(31,45)65-40(11,64-42)66-45/h13-14,16,19,27,31-34,36-37,53H,15,17-18H2,1-12H3/b30-29+/t27-,31+,32+,33-,34+,36-,37-,38+,39+,40?,41+,42+,43+,44-,45-/m0/s1. The lowest BCUT2D eigenvalue weighted by atomic mass is 9.31. The highest BCUT2D eigenvalue weighted by atomic mass is 16.9. The number of carbonyl (C=O) groups is 8. The minimum Gasteiger partial charge on any atom is -0.511 e. The van der Waals surface area contributed by atoms with E-state index in [1.807, 2.05) is 0 Å². The van der Waals surface area contributed by atoms with Crippen LogP contribution in [0.3, 0.4) is 0 Å². The first-order chi connectivity index (χ1) is 30.7. The van der Waals surface area contributed by atoms with Crippen LogP contribution in [0.25, 0.3) is 0 Å². The fraction of sp³-hybridized carbons (Fsp3) is 0.689. The summed E-state index contributed by atoms with van der Waals surface area (Å²) >= 11 is 0. The molecule has 8 rings (SSSR count). The van der Waals surface area contributed by atoms with E-state index in [0.29, 0.717) is 0 Å². The number of fused-ring (bicyclic) bond motifs is 3. The number of rotatable bonds is 12. The predicted octanol–water partition coefficient (Wildman–Crippen LogP) is 3.14. The molecule has 1 aromatic rings. The maximum Gasteiger partial charge on any atom is 0.338 e. The summed E-state index contributed by atoms with van der Waals surface area (Å²) in [7, 11) is 1.13. The SMILES string of the molecule is COC(=O)C[C@H]1[C@@]2(C)C[C@]34OC5(C)O[C@]67[C@H](/C(=C(\O)C(C)C)C(=O)O[C@@H]6[C@@]3(OC(C)=O)[C@H]2OC(C)=O)[C@](C)([C@H](OC(C)=O)c2ccoc2)[C@@H](OC(C)=O)[C@@H](OC(C)=O)[C@]7(O5)[C@]14COC(C)=O. The molecular formula is C45H54O21. The molecule has 0 radical (unpaired) electrons. The second-order valence-electron chi connectivity index (χ2n) is 19.3. The van der Waals surface area contributed by atoms with Gasteiger partial charge in [0.05, 0.1) is 36.0 Å². The molecule has 360 valence electrons. The molecule has 4 heterocycles. The zero-order valence-corrected chi connectivity index (χ0v) is 38.6. The Morgan fingerprint density at radius 2 is 1.47 bits per heavy atom. The van der Waals surface area contributed by atoms with Crippen LogP contribution >= 0.6 is 0 Å². The topological polar surface area (TPSA) is 271 Å². The van der Waals surface area contributed by atoms with Crippen molar-refractivity contribution in [3.05, 3.63) is 35.5 Å². The van der Waals surface area contributed by atoms with Gasteiger partial charge in [-0.25, -0.2) is 4.79 Å². The second kappa shape index (κ2) is 14.7. The summed E-state index contributed by atoms with van der Waals surface area (Å²) in [4.78, 5) is 112. The van der Waals surface area contributed by atoms with E-state index in [0.717, 1.165) is 48.7 Å². The molecule has 4 aliphatic carbocycles. The first-order valence-electron chi connectivity index (χ1n) is 21.5. The molecule has 1 aromatic heterocycles. The fourth-order valence-corrected chi connectivity index (χ4v) is 14.2. The van der Waals surface area contributed by atoms with Crippen LogP contribution in [0, 0.1) is 34.0 Å².